The van der Waals surface area contributed by atoms with E-state index in [1.165, 1.54) is 0 Å². The van der Waals surface area contributed by atoms with Gasteiger partial charge in [-0.2, -0.15) is 5.26 Å². The third-order valence-corrected chi connectivity index (χ3v) is 3.42. The standard InChI is InChI=1S/C13H15N3O2/c1-9-3-2-6-16(12(9)13(17)18)11-8-15-5-4-10(11)7-14/h4-5,8-9,12H,2-3,6H2,1H3,(H,17,18). The number of pyridine rings is 1. The molecule has 0 amide bonds. The van der Waals surface area contributed by atoms with Gasteiger partial charge in [0.05, 0.1) is 17.4 Å². The fourth-order valence-electron chi connectivity index (χ4n) is 2.54. The Morgan fingerprint density at radius 1 is 1.67 bits per heavy atom. The molecule has 5 heteroatoms. The lowest BCUT2D eigenvalue weighted by atomic mass is 9.90. The SMILES string of the molecule is CC1CCCN(c2cnccc2C#N)C1C(=O)O. The largest absolute Gasteiger partial charge is 0.480 e. The fourth-order valence-corrected chi connectivity index (χ4v) is 2.54. The number of piperidine rings is 1. The van der Waals surface area contributed by atoms with Crippen molar-refractivity contribution < 1.29 is 9.90 Å². The maximum atomic E-state index is 11.4. The van der Waals surface area contributed by atoms with Crippen LogP contribution in [0, 0.1) is 17.2 Å². The summed E-state index contributed by atoms with van der Waals surface area (Å²) >= 11 is 0. The lowest BCUT2D eigenvalue weighted by molar-refractivity contribution is -0.140. The molecular formula is C13H15N3O2. The van der Waals surface area contributed by atoms with Gasteiger partial charge in [0.15, 0.2) is 0 Å². The Kier molecular flexibility index (Phi) is 3.47. The van der Waals surface area contributed by atoms with E-state index in [9.17, 15) is 9.90 Å². The van der Waals surface area contributed by atoms with Gasteiger partial charge in [-0.3, -0.25) is 4.98 Å². The molecule has 0 aromatic carbocycles. The molecular weight excluding hydrogens is 230 g/mol. The van der Waals surface area contributed by atoms with Gasteiger partial charge in [-0.15, -0.1) is 0 Å². The van der Waals surface area contributed by atoms with Gasteiger partial charge in [-0.05, 0) is 24.8 Å². The maximum absolute atomic E-state index is 11.4. The molecule has 2 unspecified atom stereocenters. The van der Waals surface area contributed by atoms with Gasteiger partial charge in [0.25, 0.3) is 0 Å². The molecule has 1 aliphatic rings. The summed E-state index contributed by atoms with van der Waals surface area (Å²) in [5, 5.41) is 18.4. The van der Waals surface area contributed by atoms with Crippen LogP contribution in [0.4, 0.5) is 5.69 Å². The van der Waals surface area contributed by atoms with E-state index in [0.29, 0.717) is 17.8 Å². The second kappa shape index (κ2) is 5.05. The van der Waals surface area contributed by atoms with Crippen LogP contribution in [0.25, 0.3) is 0 Å². The fraction of sp³-hybridized carbons (Fsp3) is 0.462. The van der Waals surface area contributed by atoms with Crippen molar-refractivity contribution in [2.24, 2.45) is 5.92 Å². The van der Waals surface area contributed by atoms with Crippen LogP contribution in [0.5, 0.6) is 0 Å². The van der Waals surface area contributed by atoms with Crippen LogP contribution in [0.3, 0.4) is 0 Å². The number of carbonyl (C=O) groups is 1. The van der Waals surface area contributed by atoms with Gasteiger partial charge in [-0.25, -0.2) is 4.79 Å². The van der Waals surface area contributed by atoms with Crippen molar-refractivity contribution in [2.75, 3.05) is 11.4 Å². The minimum atomic E-state index is -0.838. The first-order valence-electron chi connectivity index (χ1n) is 5.98. The molecule has 0 spiro atoms. The van der Waals surface area contributed by atoms with Crippen molar-refractivity contribution in [3.8, 4) is 6.07 Å². The topological polar surface area (TPSA) is 77.2 Å². The average Bonchev–Trinajstić information content (AvgIpc) is 2.38. The molecule has 2 heterocycles. The summed E-state index contributed by atoms with van der Waals surface area (Å²) in [7, 11) is 0. The normalized spacial score (nSPS) is 23.4. The number of nitriles is 1. The first kappa shape index (κ1) is 12.4. The Balaban J connectivity index is 2.41. The number of carboxylic acid groups (broad SMARTS) is 1. The van der Waals surface area contributed by atoms with Gasteiger partial charge in [-0.1, -0.05) is 6.92 Å². The molecule has 0 saturated carbocycles. The van der Waals surface area contributed by atoms with Crippen molar-refractivity contribution in [2.45, 2.75) is 25.8 Å². The molecule has 1 aliphatic heterocycles. The zero-order valence-electron chi connectivity index (χ0n) is 10.2. The highest BCUT2D eigenvalue weighted by Crippen LogP contribution is 2.30. The first-order chi connectivity index (χ1) is 8.65. The van der Waals surface area contributed by atoms with Crippen LogP contribution in [-0.4, -0.2) is 28.6 Å². The second-order valence-corrected chi connectivity index (χ2v) is 4.60. The summed E-state index contributed by atoms with van der Waals surface area (Å²) in [6.45, 7) is 2.59. The molecule has 1 N–H and O–H groups in total. The number of nitrogens with zero attached hydrogens (tertiary/aromatic N) is 3. The van der Waals surface area contributed by atoms with Gasteiger partial charge in [0, 0.05) is 12.7 Å². The number of rotatable bonds is 2. The van der Waals surface area contributed by atoms with Gasteiger partial charge in [0.2, 0.25) is 0 Å². The Morgan fingerprint density at radius 2 is 2.44 bits per heavy atom. The molecule has 5 nitrogen and oxygen atoms in total. The Bertz CT molecular complexity index is 495. The number of hydrogen-bond donors (Lipinski definition) is 1. The van der Waals surface area contributed by atoms with E-state index >= 15 is 0 Å². The Hall–Kier alpha value is -2.09. The van der Waals surface area contributed by atoms with Gasteiger partial charge < -0.3 is 10.0 Å². The highest BCUT2D eigenvalue weighted by molar-refractivity contribution is 5.79. The third-order valence-electron chi connectivity index (χ3n) is 3.42. The van der Waals surface area contributed by atoms with Crippen molar-refractivity contribution in [1.29, 1.82) is 5.26 Å². The van der Waals surface area contributed by atoms with E-state index in [1.807, 2.05) is 6.92 Å². The van der Waals surface area contributed by atoms with E-state index in [1.54, 1.807) is 23.4 Å². The van der Waals surface area contributed by atoms with Crippen molar-refractivity contribution in [3.63, 3.8) is 0 Å². The summed E-state index contributed by atoms with van der Waals surface area (Å²) in [6.07, 6.45) is 4.96. The van der Waals surface area contributed by atoms with Crippen LogP contribution in [0.2, 0.25) is 0 Å². The monoisotopic (exact) mass is 245 g/mol. The number of aliphatic carboxylic acids is 1. The molecule has 0 aliphatic carbocycles. The van der Waals surface area contributed by atoms with Crippen LogP contribution in [0.15, 0.2) is 18.5 Å². The third kappa shape index (κ3) is 2.14. The predicted molar refractivity (Wildman–Crippen MR) is 66.1 cm³/mol. The molecule has 0 radical (unpaired) electrons. The Labute approximate surface area is 106 Å². The number of aromatic nitrogens is 1. The highest BCUT2D eigenvalue weighted by atomic mass is 16.4. The molecule has 18 heavy (non-hydrogen) atoms. The summed E-state index contributed by atoms with van der Waals surface area (Å²) in [5.41, 5.74) is 1.10. The minimum absolute atomic E-state index is 0.0722. The van der Waals surface area contributed by atoms with Gasteiger partial charge >= 0.3 is 5.97 Å². The predicted octanol–water partition coefficient (Wildman–Crippen LogP) is 1.64. The lowest BCUT2D eigenvalue weighted by Gasteiger charge is -2.39. The highest BCUT2D eigenvalue weighted by Gasteiger charge is 2.35. The Morgan fingerprint density at radius 3 is 3.11 bits per heavy atom. The smallest absolute Gasteiger partial charge is 0.326 e. The summed E-state index contributed by atoms with van der Waals surface area (Å²) in [6, 6.07) is 3.14. The first-order valence-corrected chi connectivity index (χ1v) is 5.98. The quantitative estimate of drug-likeness (QED) is 0.857. The number of anilines is 1. The molecule has 2 rings (SSSR count). The van der Waals surface area contributed by atoms with E-state index < -0.39 is 12.0 Å². The van der Waals surface area contributed by atoms with Crippen molar-refractivity contribution >= 4 is 11.7 Å². The molecule has 1 saturated heterocycles. The molecule has 94 valence electrons. The van der Waals surface area contributed by atoms with Gasteiger partial charge in [0.1, 0.15) is 12.1 Å². The molecule has 1 fully saturated rings. The summed E-state index contributed by atoms with van der Waals surface area (Å²) < 4.78 is 0. The zero-order valence-corrected chi connectivity index (χ0v) is 10.2. The summed E-state index contributed by atoms with van der Waals surface area (Å²) in [4.78, 5) is 17.2. The van der Waals surface area contributed by atoms with E-state index in [0.717, 1.165) is 12.8 Å². The lowest BCUT2D eigenvalue weighted by Crippen LogP contribution is -2.49. The molecule has 1 aromatic heterocycles. The van der Waals surface area contributed by atoms with Crippen molar-refractivity contribution in [1.82, 2.24) is 4.98 Å². The van der Waals surface area contributed by atoms with Crippen LogP contribution < -0.4 is 4.90 Å². The van der Waals surface area contributed by atoms with Crippen LogP contribution >= 0.6 is 0 Å². The van der Waals surface area contributed by atoms with Crippen LogP contribution in [-0.2, 0) is 4.79 Å². The molecule has 0 bridgehead atoms. The zero-order chi connectivity index (χ0) is 13.1. The number of hydrogen-bond acceptors (Lipinski definition) is 4. The van der Waals surface area contributed by atoms with E-state index in [-0.39, 0.29) is 5.92 Å². The molecule has 2 atom stereocenters. The minimum Gasteiger partial charge on any atom is -0.480 e. The molecule has 1 aromatic rings. The summed E-state index contributed by atoms with van der Waals surface area (Å²) in [5.74, 6) is -0.766. The number of carboxylic acids is 1. The van der Waals surface area contributed by atoms with Crippen molar-refractivity contribution in [3.05, 3.63) is 24.0 Å². The average molecular weight is 245 g/mol. The van der Waals surface area contributed by atoms with Crippen LogP contribution in [0.1, 0.15) is 25.3 Å². The second-order valence-electron chi connectivity index (χ2n) is 4.60. The maximum Gasteiger partial charge on any atom is 0.326 e. The van der Waals surface area contributed by atoms with E-state index in [2.05, 4.69) is 11.1 Å². The van der Waals surface area contributed by atoms with E-state index in [4.69, 9.17) is 5.26 Å².